The van der Waals surface area contributed by atoms with Gasteiger partial charge in [0, 0.05) is 23.8 Å². The topological polar surface area (TPSA) is 12.5 Å². The van der Waals surface area contributed by atoms with Crippen LogP contribution in [0.3, 0.4) is 0 Å². The molecule has 1 atom stereocenters. The van der Waals surface area contributed by atoms with E-state index in [1.165, 1.54) is 5.69 Å². The molecular formula is C13H18ClNO. The molecule has 1 aliphatic heterocycles. The van der Waals surface area contributed by atoms with Crippen LogP contribution in [0.1, 0.15) is 13.8 Å². The lowest BCUT2D eigenvalue weighted by molar-refractivity contribution is 0.0114. The van der Waals surface area contributed by atoms with Gasteiger partial charge in [0.2, 0.25) is 0 Å². The Hall–Kier alpha value is -0.730. The molecule has 0 radical (unpaired) electrons. The molecule has 3 heteroatoms. The van der Waals surface area contributed by atoms with Crippen molar-refractivity contribution in [3.05, 3.63) is 29.3 Å². The second-order valence-electron chi connectivity index (χ2n) is 4.58. The molecule has 0 spiro atoms. The first-order chi connectivity index (χ1) is 7.66. The number of hydrogen-bond donors (Lipinski definition) is 0. The van der Waals surface area contributed by atoms with Gasteiger partial charge in [-0.25, -0.2) is 0 Å². The number of benzene rings is 1. The Balaban J connectivity index is 2.06. The van der Waals surface area contributed by atoms with Gasteiger partial charge in [-0.2, -0.15) is 0 Å². The number of anilines is 1. The summed E-state index contributed by atoms with van der Waals surface area (Å²) in [5.41, 5.74) is 1.23. The monoisotopic (exact) mass is 239 g/mol. The number of halogens is 1. The summed E-state index contributed by atoms with van der Waals surface area (Å²) in [4.78, 5) is 2.37. The van der Waals surface area contributed by atoms with Gasteiger partial charge in [0.1, 0.15) is 0 Å². The first kappa shape index (κ1) is 11.7. The molecule has 1 fully saturated rings. The number of hydrogen-bond acceptors (Lipinski definition) is 2. The molecule has 0 N–H and O–H groups in total. The van der Waals surface area contributed by atoms with Crippen LogP contribution in [0.15, 0.2) is 24.3 Å². The quantitative estimate of drug-likeness (QED) is 0.786. The lowest BCUT2D eigenvalue weighted by Gasteiger charge is -2.36. The summed E-state index contributed by atoms with van der Waals surface area (Å²) in [6.07, 6.45) is 0.337. The van der Waals surface area contributed by atoms with Gasteiger partial charge in [-0.15, -0.1) is 0 Å². The molecule has 1 saturated heterocycles. The van der Waals surface area contributed by atoms with Crippen molar-refractivity contribution in [2.24, 2.45) is 5.92 Å². The van der Waals surface area contributed by atoms with E-state index in [1.807, 2.05) is 12.1 Å². The highest BCUT2D eigenvalue weighted by atomic mass is 35.5. The van der Waals surface area contributed by atoms with Crippen LogP contribution in [0.2, 0.25) is 5.02 Å². The van der Waals surface area contributed by atoms with Gasteiger partial charge in [0.25, 0.3) is 0 Å². The maximum absolute atomic E-state index is 5.89. The zero-order valence-corrected chi connectivity index (χ0v) is 10.6. The summed E-state index contributed by atoms with van der Waals surface area (Å²) in [6.45, 7) is 7.15. The highest BCUT2D eigenvalue weighted by Crippen LogP contribution is 2.22. The van der Waals surface area contributed by atoms with Gasteiger partial charge in [-0.1, -0.05) is 25.4 Å². The first-order valence-corrected chi connectivity index (χ1v) is 6.17. The molecule has 2 nitrogen and oxygen atoms in total. The second kappa shape index (κ2) is 5.07. The zero-order chi connectivity index (χ0) is 11.5. The molecule has 0 bridgehead atoms. The Morgan fingerprint density at radius 2 is 2.00 bits per heavy atom. The maximum Gasteiger partial charge on any atom is 0.0773 e. The minimum Gasteiger partial charge on any atom is -0.374 e. The summed E-state index contributed by atoms with van der Waals surface area (Å²) < 4.78 is 5.75. The van der Waals surface area contributed by atoms with Crippen molar-refractivity contribution in [3.8, 4) is 0 Å². The third-order valence-electron chi connectivity index (χ3n) is 3.03. The predicted octanol–water partition coefficient (Wildman–Crippen LogP) is 3.20. The highest BCUT2D eigenvalue weighted by molar-refractivity contribution is 6.30. The third-order valence-corrected chi connectivity index (χ3v) is 3.28. The summed E-state index contributed by atoms with van der Waals surface area (Å²) in [5, 5.41) is 0.789. The second-order valence-corrected chi connectivity index (χ2v) is 5.01. The Labute approximate surface area is 102 Å². The fraction of sp³-hybridized carbons (Fsp3) is 0.538. The van der Waals surface area contributed by atoms with Crippen LogP contribution in [0.25, 0.3) is 0 Å². The van der Waals surface area contributed by atoms with Crippen molar-refractivity contribution in [2.75, 3.05) is 24.6 Å². The third kappa shape index (κ3) is 2.69. The molecule has 0 aromatic heterocycles. The van der Waals surface area contributed by atoms with E-state index in [0.717, 1.165) is 24.7 Å². The molecule has 1 aromatic rings. The van der Waals surface area contributed by atoms with Crippen LogP contribution in [0.5, 0.6) is 0 Å². The van der Waals surface area contributed by atoms with Gasteiger partial charge >= 0.3 is 0 Å². The molecule has 0 amide bonds. The van der Waals surface area contributed by atoms with E-state index in [4.69, 9.17) is 16.3 Å². The van der Waals surface area contributed by atoms with E-state index in [0.29, 0.717) is 12.0 Å². The minimum atomic E-state index is 0.337. The van der Waals surface area contributed by atoms with E-state index in [1.54, 1.807) is 0 Å². The lowest BCUT2D eigenvalue weighted by atomic mass is 10.1. The molecule has 88 valence electrons. The summed E-state index contributed by atoms with van der Waals surface area (Å²) in [6, 6.07) is 8.03. The van der Waals surface area contributed by atoms with Crippen molar-refractivity contribution in [2.45, 2.75) is 20.0 Å². The SMILES string of the molecule is CC(C)C1CN(c2ccc(Cl)cc2)CCO1. The Morgan fingerprint density at radius 1 is 1.31 bits per heavy atom. The Morgan fingerprint density at radius 3 is 2.62 bits per heavy atom. The molecule has 0 saturated carbocycles. The first-order valence-electron chi connectivity index (χ1n) is 5.79. The smallest absolute Gasteiger partial charge is 0.0773 e. The Bertz CT molecular complexity index is 336. The molecule has 1 unspecified atom stereocenters. The van der Waals surface area contributed by atoms with Crippen LogP contribution < -0.4 is 4.90 Å². The molecule has 1 heterocycles. The van der Waals surface area contributed by atoms with E-state index in [2.05, 4.69) is 30.9 Å². The van der Waals surface area contributed by atoms with Crippen LogP contribution in [-0.4, -0.2) is 25.8 Å². The van der Waals surface area contributed by atoms with Crippen molar-refractivity contribution in [1.29, 1.82) is 0 Å². The van der Waals surface area contributed by atoms with E-state index in [-0.39, 0.29) is 0 Å². The zero-order valence-electron chi connectivity index (χ0n) is 9.82. The van der Waals surface area contributed by atoms with Gasteiger partial charge in [0.15, 0.2) is 0 Å². The van der Waals surface area contributed by atoms with Crippen LogP contribution in [-0.2, 0) is 4.74 Å². The van der Waals surface area contributed by atoms with Crippen molar-refractivity contribution in [3.63, 3.8) is 0 Å². The molecular weight excluding hydrogens is 222 g/mol. The predicted molar refractivity (Wildman–Crippen MR) is 68.2 cm³/mol. The fourth-order valence-corrected chi connectivity index (χ4v) is 2.09. The summed E-state index contributed by atoms with van der Waals surface area (Å²) in [5.74, 6) is 0.565. The van der Waals surface area contributed by atoms with Crippen LogP contribution in [0, 0.1) is 5.92 Å². The molecule has 2 rings (SSSR count). The van der Waals surface area contributed by atoms with E-state index >= 15 is 0 Å². The molecule has 0 aliphatic carbocycles. The highest BCUT2D eigenvalue weighted by Gasteiger charge is 2.22. The maximum atomic E-state index is 5.89. The average Bonchev–Trinajstić information content (AvgIpc) is 2.30. The molecule has 1 aromatic carbocycles. The van der Waals surface area contributed by atoms with Crippen molar-refractivity contribution < 1.29 is 4.74 Å². The number of nitrogens with zero attached hydrogens (tertiary/aromatic N) is 1. The Kier molecular flexibility index (Phi) is 3.72. The molecule has 16 heavy (non-hydrogen) atoms. The average molecular weight is 240 g/mol. The largest absolute Gasteiger partial charge is 0.374 e. The lowest BCUT2D eigenvalue weighted by Crippen LogP contribution is -2.44. The number of ether oxygens (including phenoxy) is 1. The number of morpholine rings is 1. The van der Waals surface area contributed by atoms with Gasteiger partial charge in [-0.3, -0.25) is 0 Å². The molecule has 1 aliphatic rings. The standard InChI is InChI=1S/C13H18ClNO/c1-10(2)13-9-15(7-8-16-13)12-5-3-11(14)4-6-12/h3-6,10,13H,7-9H2,1-2H3. The van der Waals surface area contributed by atoms with Gasteiger partial charge < -0.3 is 9.64 Å². The van der Waals surface area contributed by atoms with Gasteiger partial charge in [0.05, 0.1) is 12.7 Å². The summed E-state index contributed by atoms with van der Waals surface area (Å²) >= 11 is 5.89. The minimum absolute atomic E-state index is 0.337. The normalized spacial score (nSPS) is 21.5. The van der Waals surface area contributed by atoms with Crippen LogP contribution >= 0.6 is 11.6 Å². The van der Waals surface area contributed by atoms with Crippen molar-refractivity contribution >= 4 is 17.3 Å². The summed E-state index contributed by atoms with van der Waals surface area (Å²) in [7, 11) is 0. The van der Waals surface area contributed by atoms with Crippen molar-refractivity contribution in [1.82, 2.24) is 0 Å². The fourth-order valence-electron chi connectivity index (χ4n) is 1.97. The van der Waals surface area contributed by atoms with Crippen LogP contribution in [0.4, 0.5) is 5.69 Å². The van der Waals surface area contributed by atoms with E-state index < -0.39 is 0 Å². The van der Waals surface area contributed by atoms with E-state index in [9.17, 15) is 0 Å². The van der Waals surface area contributed by atoms with Gasteiger partial charge in [-0.05, 0) is 30.2 Å². The number of rotatable bonds is 2.